The van der Waals surface area contributed by atoms with Gasteiger partial charge < -0.3 is 10.4 Å². The van der Waals surface area contributed by atoms with Gasteiger partial charge in [-0.05, 0) is 25.8 Å². The van der Waals surface area contributed by atoms with Crippen LogP contribution in [0.25, 0.3) is 11.3 Å². The summed E-state index contributed by atoms with van der Waals surface area (Å²) in [7, 11) is 0. The molecule has 4 nitrogen and oxygen atoms in total. The van der Waals surface area contributed by atoms with Gasteiger partial charge in [0.1, 0.15) is 0 Å². The molecule has 0 radical (unpaired) electrons. The Kier molecular flexibility index (Phi) is 4.93. The lowest BCUT2D eigenvalue weighted by atomic mass is 10.0. The Bertz CT molecular complexity index is 550. The fraction of sp³-hybridized carbons (Fsp3) is 0.438. The molecule has 2 aromatic rings. The maximum Gasteiger partial charge on any atom is 0.0695 e. The number of aliphatic hydroxyl groups is 1. The van der Waals surface area contributed by atoms with E-state index in [0.717, 1.165) is 23.4 Å². The van der Waals surface area contributed by atoms with Crippen molar-refractivity contribution in [3.05, 3.63) is 41.6 Å². The lowest BCUT2D eigenvalue weighted by Gasteiger charge is -2.19. The zero-order chi connectivity index (χ0) is 14.5. The molecule has 2 atom stereocenters. The number of nitrogens with one attached hydrogen (secondary N) is 2. The molecule has 0 aliphatic heterocycles. The average Bonchev–Trinajstić information content (AvgIpc) is 2.92. The molecule has 0 amide bonds. The Morgan fingerprint density at radius 3 is 2.85 bits per heavy atom. The first kappa shape index (κ1) is 14.8. The Labute approximate surface area is 120 Å². The van der Waals surface area contributed by atoms with E-state index in [0.29, 0.717) is 0 Å². The standard InChI is InChI=1S/C16H23N3O/c1-11-5-4-6-14(7-11)16-15(9-18-19-16)8-17-13(3)12(2)10-20/h4-7,9,12-13,17,20H,8,10H2,1-3H3,(H,18,19). The van der Waals surface area contributed by atoms with Crippen LogP contribution in [-0.2, 0) is 6.54 Å². The minimum absolute atomic E-state index is 0.199. The average molecular weight is 273 g/mol. The minimum atomic E-state index is 0.199. The summed E-state index contributed by atoms with van der Waals surface area (Å²) in [5.74, 6) is 0.240. The van der Waals surface area contributed by atoms with Crippen LogP contribution >= 0.6 is 0 Å². The Balaban J connectivity index is 2.09. The summed E-state index contributed by atoms with van der Waals surface area (Å²) in [6.07, 6.45) is 1.86. The van der Waals surface area contributed by atoms with E-state index in [4.69, 9.17) is 5.11 Å². The lowest BCUT2D eigenvalue weighted by molar-refractivity contribution is 0.207. The molecule has 1 aromatic heterocycles. The quantitative estimate of drug-likeness (QED) is 0.758. The molecular weight excluding hydrogens is 250 g/mol. The first-order valence-electron chi connectivity index (χ1n) is 7.05. The SMILES string of the molecule is Cc1cccc(-c2[nH]ncc2CNC(C)C(C)CO)c1. The van der Waals surface area contributed by atoms with Crippen LogP contribution in [-0.4, -0.2) is 28.0 Å². The lowest BCUT2D eigenvalue weighted by Crippen LogP contribution is -2.33. The highest BCUT2D eigenvalue weighted by molar-refractivity contribution is 5.63. The number of rotatable bonds is 6. The summed E-state index contributed by atoms with van der Waals surface area (Å²) >= 11 is 0. The highest BCUT2D eigenvalue weighted by Gasteiger charge is 2.13. The molecule has 3 N–H and O–H groups in total. The van der Waals surface area contributed by atoms with Crippen LogP contribution in [0.15, 0.2) is 30.5 Å². The zero-order valence-corrected chi connectivity index (χ0v) is 12.4. The molecule has 108 valence electrons. The van der Waals surface area contributed by atoms with Gasteiger partial charge in [-0.25, -0.2) is 0 Å². The van der Waals surface area contributed by atoms with Gasteiger partial charge in [0.25, 0.3) is 0 Å². The van der Waals surface area contributed by atoms with Gasteiger partial charge in [-0.2, -0.15) is 5.10 Å². The van der Waals surface area contributed by atoms with E-state index in [1.54, 1.807) is 0 Å². The second-order valence-electron chi connectivity index (χ2n) is 5.47. The van der Waals surface area contributed by atoms with Gasteiger partial charge in [-0.1, -0.05) is 30.7 Å². The van der Waals surface area contributed by atoms with E-state index in [2.05, 4.69) is 53.6 Å². The van der Waals surface area contributed by atoms with Crippen LogP contribution in [0.3, 0.4) is 0 Å². The first-order chi connectivity index (χ1) is 9.61. The number of hydrogen-bond donors (Lipinski definition) is 3. The summed E-state index contributed by atoms with van der Waals surface area (Å²) in [4.78, 5) is 0. The summed E-state index contributed by atoms with van der Waals surface area (Å²) < 4.78 is 0. The molecule has 4 heteroatoms. The number of nitrogens with zero attached hydrogens (tertiary/aromatic N) is 1. The van der Waals surface area contributed by atoms with Crippen molar-refractivity contribution in [2.24, 2.45) is 5.92 Å². The zero-order valence-electron chi connectivity index (χ0n) is 12.4. The van der Waals surface area contributed by atoms with Crippen molar-refractivity contribution in [3.63, 3.8) is 0 Å². The van der Waals surface area contributed by atoms with Gasteiger partial charge in [0.05, 0.1) is 11.9 Å². The highest BCUT2D eigenvalue weighted by Crippen LogP contribution is 2.22. The van der Waals surface area contributed by atoms with Gasteiger partial charge in [0.15, 0.2) is 0 Å². The summed E-state index contributed by atoms with van der Waals surface area (Å²) in [6, 6.07) is 8.64. The summed E-state index contributed by atoms with van der Waals surface area (Å²) in [6.45, 7) is 7.15. The number of aromatic amines is 1. The number of hydrogen-bond acceptors (Lipinski definition) is 3. The maximum absolute atomic E-state index is 9.17. The fourth-order valence-electron chi connectivity index (χ4n) is 2.13. The van der Waals surface area contributed by atoms with Crippen molar-refractivity contribution in [2.75, 3.05) is 6.61 Å². The molecular formula is C16H23N3O. The number of H-pyrrole nitrogens is 1. The predicted molar refractivity (Wildman–Crippen MR) is 81.3 cm³/mol. The largest absolute Gasteiger partial charge is 0.396 e. The van der Waals surface area contributed by atoms with Crippen molar-refractivity contribution in [3.8, 4) is 11.3 Å². The molecule has 1 aromatic carbocycles. The first-order valence-corrected chi connectivity index (χ1v) is 7.05. The molecule has 0 saturated heterocycles. The van der Waals surface area contributed by atoms with Gasteiger partial charge in [-0.3, -0.25) is 5.10 Å². The fourth-order valence-corrected chi connectivity index (χ4v) is 2.13. The third-order valence-electron chi connectivity index (χ3n) is 3.78. The minimum Gasteiger partial charge on any atom is -0.396 e. The smallest absolute Gasteiger partial charge is 0.0695 e. The Morgan fingerprint density at radius 2 is 2.15 bits per heavy atom. The van der Waals surface area contributed by atoms with Crippen LogP contribution in [0, 0.1) is 12.8 Å². The normalized spacial score (nSPS) is 14.2. The van der Waals surface area contributed by atoms with Crippen LogP contribution in [0.2, 0.25) is 0 Å². The second-order valence-corrected chi connectivity index (χ2v) is 5.47. The molecule has 0 bridgehead atoms. The van der Waals surface area contributed by atoms with Crippen molar-refractivity contribution in [1.29, 1.82) is 0 Å². The van der Waals surface area contributed by atoms with E-state index < -0.39 is 0 Å². The molecule has 2 unspecified atom stereocenters. The number of benzene rings is 1. The Morgan fingerprint density at radius 1 is 1.35 bits per heavy atom. The third kappa shape index (κ3) is 3.46. The van der Waals surface area contributed by atoms with E-state index in [1.807, 2.05) is 13.1 Å². The molecule has 0 spiro atoms. The molecule has 20 heavy (non-hydrogen) atoms. The van der Waals surface area contributed by atoms with Crippen LogP contribution < -0.4 is 5.32 Å². The van der Waals surface area contributed by atoms with Crippen molar-refractivity contribution < 1.29 is 5.11 Å². The number of aliphatic hydroxyl groups excluding tert-OH is 1. The molecule has 2 rings (SSSR count). The van der Waals surface area contributed by atoms with Gasteiger partial charge in [-0.15, -0.1) is 0 Å². The molecule has 0 saturated carbocycles. The third-order valence-corrected chi connectivity index (χ3v) is 3.78. The van der Waals surface area contributed by atoms with E-state index in [9.17, 15) is 0 Å². The molecule has 0 fully saturated rings. The Hall–Kier alpha value is -1.65. The molecule has 0 aliphatic carbocycles. The van der Waals surface area contributed by atoms with E-state index in [1.165, 1.54) is 5.56 Å². The van der Waals surface area contributed by atoms with Crippen LogP contribution in [0.4, 0.5) is 0 Å². The monoisotopic (exact) mass is 273 g/mol. The van der Waals surface area contributed by atoms with Crippen molar-refractivity contribution in [2.45, 2.75) is 33.4 Å². The molecule has 0 aliphatic rings. The molecule has 1 heterocycles. The number of aromatic nitrogens is 2. The van der Waals surface area contributed by atoms with E-state index >= 15 is 0 Å². The van der Waals surface area contributed by atoms with Gasteiger partial charge in [0.2, 0.25) is 0 Å². The van der Waals surface area contributed by atoms with E-state index in [-0.39, 0.29) is 18.6 Å². The van der Waals surface area contributed by atoms with Gasteiger partial charge in [0, 0.05) is 30.3 Å². The van der Waals surface area contributed by atoms with Crippen molar-refractivity contribution >= 4 is 0 Å². The highest BCUT2D eigenvalue weighted by atomic mass is 16.3. The van der Waals surface area contributed by atoms with Gasteiger partial charge >= 0.3 is 0 Å². The summed E-state index contributed by atoms with van der Waals surface area (Å²) in [5.41, 5.74) is 4.60. The number of aryl methyl sites for hydroxylation is 1. The van der Waals surface area contributed by atoms with Crippen LogP contribution in [0.5, 0.6) is 0 Å². The second kappa shape index (κ2) is 6.68. The predicted octanol–water partition coefficient (Wildman–Crippen LogP) is 2.49. The summed E-state index contributed by atoms with van der Waals surface area (Å²) in [5, 5.41) is 19.8. The maximum atomic E-state index is 9.17. The topological polar surface area (TPSA) is 60.9 Å². The van der Waals surface area contributed by atoms with Crippen LogP contribution in [0.1, 0.15) is 25.0 Å². The van der Waals surface area contributed by atoms with Crippen molar-refractivity contribution in [1.82, 2.24) is 15.5 Å².